The second-order valence-electron chi connectivity index (χ2n) is 12.3. The molecule has 0 bridgehead atoms. The number of unbranched alkanes of at least 4 members (excludes halogenated alkanes) is 2. The van der Waals surface area contributed by atoms with E-state index in [4.69, 9.17) is 44.8 Å². The average molecular weight is 777 g/mol. The Morgan fingerprint density at radius 2 is 1.37 bits per heavy atom. The normalized spacial score (nSPS) is 11.6. The van der Waals surface area contributed by atoms with Crippen LogP contribution in [-0.4, -0.2) is 81.8 Å². The van der Waals surface area contributed by atoms with Crippen LogP contribution in [0.15, 0.2) is 66.7 Å². The predicted octanol–water partition coefficient (Wildman–Crippen LogP) is 8.49. The number of aryl methyl sites for hydroxylation is 2. The molecule has 0 saturated carbocycles. The van der Waals surface area contributed by atoms with Gasteiger partial charge in [0.2, 0.25) is 0 Å². The van der Waals surface area contributed by atoms with E-state index >= 15 is 0 Å². The zero-order chi connectivity index (χ0) is 38.8. The summed E-state index contributed by atoms with van der Waals surface area (Å²) in [5, 5.41) is 3.93. The first-order chi connectivity index (χ1) is 26.0. The lowest BCUT2D eigenvalue weighted by Gasteiger charge is -2.20. The minimum atomic E-state index is -4.70. The van der Waals surface area contributed by atoms with Gasteiger partial charge in [-0.05, 0) is 67.6 Å². The van der Waals surface area contributed by atoms with E-state index in [1.54, 1.807) is 29.9 Å². The summed E-state index contributed by atoms with van der Waals surface area (Å²) >= 11 is 5.94. The highest BCUT2D eigenvalue weighted by molar-refractivity contribution is 6.31. The third-order valence-electron chi connectivity index (χ3n) is 7.99. The number of hydrogen-bond acceptors (Lipinski definition) is 9. The van der Waals surface area contributed by atoms with E-state index in [2.05, 4.69) is 5.10 Å². The van der Waals surface area contributed by atoms with Gasteiger partial charge in [-0.1, -0.05) is 48.0 Å². The highest BCUT2D eigenvalue weighted by Crippen LogP contribution is 2.47. The summed E-state index contributed by atoms with van der Waals surface area (Å²) in [6, 6.07) is 18.7. The van der Waals surface area contributed by atoms with Crippen molar-refractivity contribution in [2.45, 2.75) is 45.9 Å². The van der Waals surface area contributed by atoms with Crippen LogP contribution < -0.4 is 9.47 Å². The number of hydrogen-bond donors (Lipinski definition) is 0. The molecule has 0 radical (unpaired) electrons. The van der Waals surface area contributed by atoms with Gasteiger partial charge in [-0.15, -0.1) is 0 Å². The lowest BCUT2D eigenvalue weighted by atomic mass is 9.96. The first-order valence-electron chi connectivity index (χ1n) is 17.8. The van der Waals surface area contributed by atoms with Gasteiger partial charge in [0.05, 0.1) is 93.6 Å². The standard InChI is InChI=1S/C40H48ClF3N2O8/c1-29-26-36(46(3)45-29)33-13-15-37(38(39(33)54-30(2)47)32-12-14-35(41)34(27-32)40(42,43)44)53-17-9-5-8-16-48-18-19-49-20-21-50-22-23-51-24-25-52-28-31-10-6-4-7-11-31/h4,6-7,10-15,26-27H,5,8-9,16-25,28H2,1-3H3. The molecule has 1 aromatic heterocycles. The van der Waals surface area contributed by atoms with Crippen molar-refractivity contribution in [2.24, 2.45) is 7.05 Å². The Hall–Kier alpha value is -3.98. The summed E-state index contributed by atoms with van der Waals surface area (Å²) in [5.74, 6) is -0.320. The molecule has 1 heterocycles. The van der Waals surface area contributed by atoms with E-state index in [-0.39, 0.29) is 29.2 Å². The first kappa shape index (κ1) is 42.8. The van der Waals surface area contributed by atoms with Crippen LogP contribution in [0.3, 0.4) is 0 Å². The Morgan fingerprint density at radius 1 is 0.759 bits per heavy atom. The molecule has 4 aromatic rings. The Morgan fingerprint density at radius 3 is 1.96 bits per heavy atom. The molecular formula is C40H48ClF3N2O8. The molecule has 294 valence electrons. The SMILES string of the molecule is CC(=O)Oc1c(-c2cc(C)nn2C)ccc(OCCCCCOCCOCCOCCOCCOCc2ccccc2)c1-c1ccc(Cl)c(C(F)(F)F)c1. The zero-order valence-corrected chi connectivity index (χ0v) is 31.7. The van der Waals surface area contributed by atoms with Crippen molar-refractivity contribution in [3.05, 3.63) is 88.6 Å². The maximum atomic E-state index is 13.9. The van der Waals surface area contributed by atoms with Crippen molar-refractivity contribution >= 4 is 17.6 Å². The van der Waals surface area contributed by atoms with Crippen LogP contribution >= 0.6 is 11.6 Å². The van der Waals surface area contributed by atoms with E-state index in [0.717, 1.165) is 24.5 Å². The van der Waals surface area contributed by atoms with Crippen LogP contribution in [0.5, 0.6) is 11.5 Å². The van der Waals surface area contributed by atoms with Crippen molar-refractivity contribution in [3.63, 3.8) is 0 Å². The van der Waals surface area contributed by atoms with Crippen molar-refractivity contribution < 1.29 is 51.1 Å². The van der Waals surface area contributed by atoms with Crippen molar-refractivity contribution in [1.29, 1.82) is 0 Å². The molecular weight excluding hydrogens is 729 g/mol. The monoisotopic (exact) mass is 776 g/mol. The second-order valence-corrected chi connectivity index (χ2v) is 12.7. The van der Waals surface area contributed by atoms with Crippen LogP contribution in [0.25, 0.3) is 22.4 Å². The van der Waals surface area contributed by atoms with E-state index in [1.165, 1.54) is 19.1 Å². The number of rotatable bonds is 24. The molecule has 0 aliphatic heterocycles. The number of aromatic nitrogens is 2. The average Bonchev–Trinajstić information content (AvgIpc) is 3.47. The Balaban J connectivity index is 1.17. The molecule has 3 aromatic carbocycles. The first-order valence-corrected chi connectivity index (χ1v) is 18.2. The Bertz CT molecular complexity index is 1740. The summed E-state index contributed by atoms with van der Waals surface area (Å²) in [4.78, 5) is 12.3. The predicted molar refractivity (Wildman–Crippen MR) is 199 cm³/mol. The minimum Gasteiger partial charge on any atom is -0.493 e. The molecule has 0 aliphatic carbocycles. The van der Waals surface area contributed by atoms with E-state index in [1.807, 2.05) is 37.3 Å². The number of benzene rings is 3. The van der Waals surface area contributed by atoms with Crippen molar-refractivity contribution in [2.75, 3.05) is 66.1 Å². The Kier molecular flexibility index (Phi) is 17.7. The summed E-state index contributed by atoms with van der Waals surface area (Å²) in [6.45, 7) is 8.24. The van der Waals surface area contributed by atoms with Gasteiger partial charge < -0.3 is 33.2 Å². The van der Waals surface area contributed by atoms with Gasteiger partial charge in [-0.25, -0.2) is 0 Å². The highest BCUT2D eigenvalue weighted by Gasteiger charge is 2.34. The minimum absolute atomic E-state index is 0.0610. The van der Waals surface area contributed by atoms with Crippen LogP contribution in [0.1, 0.15) is 43.0 Å². The molecule has 4 rings (SSSR count). The quantitative estimate of drug-likeness (QED) is 0.0394. The molecule has 0 fully saturated rings. The van der Waals surface area contributed by atoms with Gasteiger partial charge in [-0.3, -0.25) is 9.48 Å². The fraction of sp³-hybridized carbons (Fsp3) is 0.450. The molecule has 14 heteroatoms. The largest absolute Gasteiger partial charge is 0.493 e. The van der Waals surface area contributed by atoms with E-state index in [9.17, 15) is 18.0 Å². The topological polar surface area (TPSA) is 99.5 Å². The highest BCUT2D eigenvalue weighted by atomic mass is 35.5. The number of ether oxygens (including phenoxy) is 7. The van der Waals surface area contributed by atoms with Gasteiger partial charge >= 0.3 is 12.1 Å². The lowest BCUT2D eigenvalue weighted by Crippen LogP contribution is -2.13. The molecule has 0 atom stereocenters. The number of carbonyl (C=O) groups excluding carboxylic acids is 1. The van der Waals surface area contributed by atoms with Crippen LogP contribution in [0, 0.1) is 6.92 Å². The number of carbonyl (C=O) groups is 1. The molecule has 10 nitrogen and oxygen atoms in total. The van der Waals surface area contributed by atoms with Gasteiger partial charge in [-0.2, -0.15) is 18.3 Å². The van der Waals surface area contributed by atoms with Gasteiger partial charge in [0, 0.05) is 26.1 Å². The number of esters is 1. The van der Waals surface area contributed by atoms with E-state index < -0.39 is 22.7 Å². The maximum absolute atomic E-state index is 13.9. The fourth-order valence-corrected chi connectivity index (χ4v) is 5.70. The third-order valence-corrected chi connectivity index (χ3v) is 8.32. The van der Waals surface area contributed by atoms with Gasteiger partial charge in [0.15, 0.2) is 5.75 Å². The van der Waals surface area contributed by atoms with Crippen LogP contribution in [0.2, 0.25) is 5.02 Å². The number of halogens is 4. The molecule has 0 N–H and O–H groups in total. The third kappa shape index (κ3) is 14.0. The molecule has 0 saturated heterocycles. The second kappa shape index (κ2) is 22.4. The van der Waals surface area contributed by atoms with Crippen molar-refractivity contribution in [3.8, 4) is 33.9 Å². The zero-order valence-electron chi connectivity index (χ0n) is 30.9. The molecule has 0 unspecified atom stereocenters. The summed E-state index contributed by atoms with van der Waals surface area (Å²) in [6.07, 6.45) is -2.49. The summed E-state index contributed by atoms with van der Waals surface area (Å²) in [5.41, 5.74) is 2.24. The molecule has 54 heavy (non-hydrogen) atoms. The lowest BCUT2D eigenvalue weighted by molar-refractivity contribution is -0.137. The number of alkyl halides is 3. The summed E-state index contributed by atoms with van der Waals surface area (Å²) < 4.78 is 82.9. The van der Waals surface area contributed by atoms with Crippen LogP contribution in [-0.2, 0) is 48.3 Å². The van der Waals surface area contributed by atoms with E-state index in [0.29, 0.717) is 89.4 Å². The van der Waals surface area contributed by atoms with Gasteiger partial charge in [0.25, 0.3) is 0 Å². The maximum Gasteiger partial charge on any atom is 0.417 e. The smallest absolute Gasteiger partial charge is 0.417 e. The molecule has 0 spiro atoms. The molecule has 0 aliphatic rings. The molecule has 0 amide bonds. The fourth-order valence-electron chi connectivity index (χ4n) is 5.48. The summed E-state index contributed by atoms with van der Waals surface area (Å²) in [7, 11) is 1.73. The Labute approximate surface area is 319 Å². The number of nitrogens with zero attached hydrogens (tertiary/aromatic N) is 2. The van der Waals surface area contributed by atoms with Gasteiger partial charge in [0.1, 0.15) is 5.75 Å². The van der Waals surface area contributed by atoms with Crippen LogP contribution in [0.4, 0.5) is 13.2 Å². The van der Waals surface area contributed by atoms with Crippen molar-refractivity contribution in [1.82, 2.24) is 9.78 Å².